The molecule has 3 rings (SSSR count). The average Bonchev–Trinajstić information content (AvgIpc) is 2.49. The number of nitrogens with one attached hydrogen (secondary N) is 1. The third-order valence-electron chi connectivity index (χ3n) is 4.63. The van der Waals surface area contributed by atoms with Crippen LogP contribution in [-0.2, 0) is 4.74 Å². The van der Waals surface area contributed by atoms with Crippen LogP contribution in [0.3, 0.4) is 0 Å². The molecule has 1 N–H and O–H groups in total. The fraction of sp³-hybridized carbons (Fsp3) is 0.625. The summed E-state index contributed by atoms with van der Waals surface area (Å²) in [6, 6.07) is 11.0. The molecule has 0 spiro atoms. The summed E-state index contributed by atoms with van der Waals surface area (Å²) < 4.78 is 5.52. The molecule has 2 aliphatic heterocycles. The molecule has 1 aromatic rings. The highest BCUT2D eigenvalue weighted by Gasteiger charge is 2.33. The molecule has 2 nitrogen and oxygen atoms in total. The van der Waals surface area contributed by atoms with E-state index in [1.54, 1.807) is 0 Å². The summed E-state index contributed by atoms with van der Waals surface area (Å²) >= 11 is 0. The third kappa shape index (κ3) is 2.60. The van der Waals surface area contributed by atoms with Gasteiger partial charge in [0.25, 0.3) is 0 Å². The first-order valence-corrected chi connectivity index (χ1v) is 7.28. The minimum atomic E-state index is 0.697. The maximum atomic E-state index is 5.52. The van der Waals surface area contributed by atoms with Crippen LogP contribution in [0, 0.1) is 11.8 Å². The molecule has 98 valence electrons. The summed E-state index contributed by atoms with van der Waals surface area (Å²) in [6.45, 7) is 4.27. The molecule has 2 aliphatic rings. The average molecular weight is 245 g/mol. The molecule has 2 heteroatoms. The largest absolute Gasteiger partial charge is 0.381 e. The lowest BCUT2D eigenvalue weighted by Gasteiger charge is -2.39. The zero-order valence-corrected chi connectivity index (χ0v) is 11.0. The standard InChI is InChI=1S/C16H23NO/c1-2-4-13(5-3-1)16-12-17-9-6-15(16)14-7-10-18-11-8-14/h1-5,14-17H,6-12H2. The lowest BCUT2D eigenvalue weighted by atomic mass is 9.71. The fourth-order valence-corrected chi connectivity index (χ4v) is 3.65. The first kappa shape index (κ1) is 12.2. The highest BCUT2D eigenvalue weighted by molar-refractivity contribution is 5.21. The fourth-order valence-electron chi connectivity index (χ4n) is 3.65. The Kier molecular flexibility index (Phi) is 3.96. The van der Waals surface area contributed by atoms with E-state index in [1.807, 2.05) is 0 Å². The van der Waals surface area contributed by atoms with Gasteiger partial charge < -0.3 is 10.1 Å². The molecule has 0 amide bonds. The Morgan fingerprint density at radius 3 is 2.56 bits per heavy atom. The van der Waals surface area contributed by atoms with Crippen molar-refractivity contribution >= 4 is 0 Å². The normalized spacial score (nSPS) is 30.2. The van der Waals surface area contributed by atoms with Crippen molar-refractivity contribution in [2.24, 2.45) is 11.8 Å². The molecule has 2 atom stereocenters. The van der Waals surface area contributed by atoms with Crippen LogP contribution >= 0.6 is 0 Å². The van der Waals surface area contributed by atoms with Gasteiger partial charge in [0.15, 0.2) is 0 Å². The van der Waals surface area contributed by atoms with E-state index in [2.05, 4.69) is 35.6 Å². The SMILES string of the molecule is c1ccc(C2CNCCC2C2CCOCC2)cc1. The summed E-state index contributed by atoms with van der Waals surface area (Å²) in [7, 11) is 0. The van der Waals surface area contributed by atoms with Crippen LogP contribution in [0.15, 0.2) is 30.3 Å². The molecule has 1 aromatic carbocycles. The Morgan fingerprint density at radius 1 is 1.00 bits per heavy atom. The summed E-state index contributed by atoms with van der Waals surface area (Å²) in [4.78, 5) is 0. The van der Waals surface area contributed by atoms with Gasteiger partial charge in [0.05, 0.1) is 0 Å². The third-order valence-corrected chi connectivity index (χ3v) is 4.63. The van der Waals surface area contributed by atoms with Crippen molar-refractivity contribution in [1.29, 1.82) is 0 Å². The highest BCUT2D eigenvalue weighted by Crippen LogP contribution is 2.38. The number of ether oxygens (including phenoxy) is 1. The van der Waals surface area contributed by atoms with E-state index >= 15 is 0 Å². The lowest BCUT2D eigenvalue weighted by molar-refractivity contribution is 0.0356. The quantitative estimate of drug-likeness (QED) is 0.865. The Bertz CT molecular complexity index is 359. The van der Waals surface area contributed by atoms with Gasteiger partial charge >= 0.3 is 0 Å². The second-order valence-electron chi connectivity index (χ2n) is 5.62. The van der Waals surface area contributed by atoms with Gasteiger partial charge in [-0.1, -0.05) is 30.3 Å². The van der Waals surface area contributed by atoms with Crippen molar-refractivity contribution in [3.8, 4) is 0 Å². The van der Waals surface area contributed by atoms with Gasteiger partial charge in [-0.25, -0.2) is 0 Å². The van der Waals surface area contributed by atoms with Crippen LogP contribution in [0.2, 0.25) is 0 Å². The summed E-state index contributed by atoms with van der Waals surface area (Å²) in [5.41, 5.74) is 1.51. The van der Waals surface area contributed by atoms with E-state index in [-0.39, 0.29) is 0 Å². The van der Waals surface area contributed by atoms with E-state index in [0.717, 1.165) is 31.6 Å². The Morgan fingerprint density at radius 2 is 1.78 bits per heavy atom. The molecule has 2 heterocycles. The van der Waals surface area contributed by atoms with Crippen LogP contribution in [0.5, 0.6) is 0 Å². The number of rotatable bonds is 2. The molecule has 0 bridgehead atoms. The van der Waals surface area contributed by atoms with E-state index in [1.165, 1.54) is 31.4 Å². The van der Waals surface area contributed by atoms with Gasteiger partial charge in [-0.05, 0) is 49.1 Å². The van der Waals surface area contributed by atoms with Crippen LogP contribution in [0.25, 0.3) is 0 Å². The minimum absolute atomic E-state index is 0.697. The van der Waals surface area contributed by atoms with Crippen LogP contribution in [0.1, 0.15) is 30.7 Å². The predicted molar refractivity (Wildman–Crippen MR) is 73.7 cm³/mol. The first-order valence-electron chi connectivity index (χ1n) is 7.28. The smallest absolute Gasteiger partial charge is 0.0468 e. The van der Waals surface area contributed by atoms with Gasteiger partial charge in [-0.3, -0.25) is 0 Å². The van der Waals surface area contributed by atoms with E-state index in [0.29, 0.717) is 5.92 Å². The number of piperidine rings is 1. The van der Waals surface area contributed by atoms with Gasteiger partial charge in [-0.15, -0.1) is 0 Å². The van der Waals surface area contributed by atoms with E-state index in [4.69, 9.17) is 4.74 Å². The zero-order valence-electron chi connectivity index (χ0n) is 11.0. The number of hydrogen-bond acceptors (Lipinski definition) is 2. The molecule has 2 fully saturated rings. The number of hydrogen-bond donors (Lipinski definition) is 1. The van der Waals surface area contributed by atoms with Crippen LogP contribution in [0.4, 0.5) is 0 Å². The summed E-state index contributed by atoms with van der Waals surface area (Å²) in [5, 5.41) is 3.57. The molecule has 0 aromatic heterocycles. The molecular weight excluding hydrogens is 222 g/mol. The molecule has 0 aliphatic carbocycles. The van der Waals surface area contributed by atoms with Crippen molar-refractivity contribution < 1.29 is 4.74 Å². The van der Waals surface area contributed by atoms with Gasteiger partial charge in [-0.2, -0.15) is 0 Å². The second kappa shape index (κ2) is 5.85. The van der Waals surface area contributed by atoms with Gasteiger partial charge in [0.1, 0.15) is 0 Å². The Hall–Kier alpha value is -0.860. The monoisotopic (exact) mass is 245 g/mol. The zero-order chi connectivity index (χ0) is 12.2. The van der Waals surface area contributed by atoms with Crippen molar-refractivity contribution in [2.75, 3.05) is 26.3 Å². The molecular formula is C16H23NO. The maximum Gasteiger partial charge on any atom is 0.0468 e. The predicted octanol–water partition coefficient (Wildman–Crippen LogP) is 2.81. The van der Waals surface area contributed by atoms with E-state index < -0.39 is 0 Å². The molecule has 2 saturated heterocycles. The highest BCUT2D eigenvalue weighted by atomic mass is 16.5. The molecule has 0 saturated carbocycles. The van der Waals surface area contributed by atoms with Crippen LogP contribution < -0.4 is 5.32 Å². The van der Waals surface area contributed by atoms with Crippen molar-refractivity contribution in [3.63, 3.8) is 0 Å². The van der Waals surface area contributed by atoms with Gasteiger partial charge in [0.2, 0.25) is 0 Å². The van der Waals surface area contributed by atoms with Crippen molar-refractivity contribution in [2.45, 2.75) is 25.2 Å². The van der Waals surface area contributed by atoms with Crippen molar-refractivity contribution in [1.82, 2.24) is 5.32 Å². The molecule has 0 radical (unpaired) electrons. The van der Waals surface area contributed by atoms with E-state index in [9.17, 15) is 0 Å². The second-order valence-corrected chi connectivity index (χ2v) is 5.62. The van der Waals surface area contributed by atoms with Gasteiger partial charge in [0, 0.05) is 19.8 Å². The first-order chi connectivity index (χ1) is 8.95. The van der Waals surface area contributed by atoms with Crippen molar-refractivity contribution in [3.05, 3.63) is 35.9 Å². The topological polar surface area (TPSA) is 21.3 Å². The maximum absolute atomic E-state index is 5.52. The molecule has 2 unspecified atom stereocenters. The summed E-state index contributed by atoms with van der Waals surface area (Å²) in [5.74, 6) is 2.41. The number of benzene rings is 1. The van der Waals surface area contributed by atoms with Crippen LogP contribution in [-0.4, -0.2) is 26.3 Å². The Balaban J connectivity index is 1.77. The lowest BCUT2D eigenvalue weighted by Crippen LogP contribution is -2.40. The summed E-state index contributed by atoms with van der Waals surface area (Å²) in [6.07, 6.45) is 3.84. The minimum Gasteiger partial charge on any atom is -0.381 e. The Labute approximate surface area is 110 Å². The molecule has 18 heavy (non-hydrogen) atoms.